The van der Waals surface area contributed by atoms with E-state index in [2.05, 4.69) is 55.4 Å². The van der Waals surface area contributed by atoms with E-state index in [1.54, 1.807) is 0 Å². The van der Waals surface area contributed by atoms with Gasteiger partial charge in [0.2, 0.25) is 0 Å². The predicted molar refractivity (Wildman–Crippen MR) is 85.9 cm³/mol. The Kier molecular flexibility index (Phi) is 3.81. The molecule has 1 aromatic carbocycles. The molecule has 0 fully saturated rings. The Bertz CT molecular complexity index is 585. The smallest absolute Gasteiger partial charge is 0.109 e. The summed E-state index contributed by atoms with van der Waals surface area (Å²) in [6.45, 7) is 6.06. The third-order valence-electron chi connectivity index (χ3n) is 3.85. The monoisotopic (exact) mass is 287 g/mol. The van der Waals surface area contributed by atoms with Crippen LogP contribution in [0.2, 0.25) is 0 Å². The van der Waals surface area contributed by atoms with Crippen molar-refractivity contribution in [3.63, 3.8) is 0 Å². The van der Waals surface area contributed by atoms with E-state index in [0.717, 1.165) is 19.6 Å². The number of hydrogen-bond acceptors (Lipinski definition) is 3. The second-order valence-corrected chi connectivity index (χ2v) is 6.59. The van der Waals surface area contributed by atoms with E-state index in [1.165, 1.54) is 27.3 Å². The minimum absolute atomic E-state index is 0.213. The standard InChI is InChI=1S/C17H21NOS/c1-12-8-13(2)10-15(9-12)18(3)11-16-17-14(4-6-19-16)5-7-20-17/h5,7-10,16H,4,6,11H2,1-3H3. The van der Waals surface area contributed by atoms with Crippen molar-refractivity contribution in [2.24, 2.45) is 0 Å². The Morgan fingerprint density at radius 1 is 1.25 bits per heavy atom. The summed E-state index contributed by atoms with van der Waals surface area (Å²) < 4.78 is 5.98. The Balaban J connectivity index is 1.78. The van der Waals surface area contributed by atoms with E-state index in [9.17, 15) is 0 Å². The lowest BCUT2D eigenvalue weighted by atomic mass is 10.1. The molecule has 1 unspecified atom stereocenters. The molecular formula is C17H21NOS. The summed E-state index contributed by atoms with van der Waals surface area (Å²) in [7, 11) is 2.15. The molecule has 0 aliphatic carbocycles. The molecule has 106 valence electrons. The molecule has 1 aliphatic rings. The number of ether oxygens (including phenoxy) is 1. The fourth-order valence-electron chi connectivity index (χ4n) is 2.88. The van der Waals surface area contributed by atoms with Crippen molar-refractivity contribution in [1.82, 2.24) is 0 Å². The van der Waals surface area contributed by atoms with Gasteiger partial charge < -0.3 is 9.64 Å². The number of nitrogens with zero attached hydrogens (tertiary/aromatic N) is 1. The summed E-state index contributed by atoms with van der Waals surface area (Å²) in [4.78, 5) is 3.71. The van der Waals surface area contributed by atoms with Gasteiger partial charge in [-0.15, -0.1) is 11.3 Å². The molecule has 2 aromatic rings. The van der Waals surface area contributed by atoms with E-state index in [4.69, 9.17) is 4.74 Å². The van der Waals surface area contributed by atoms with Crippen LogP contribution in [0.15, 0.2) is 29.6 Å². The maximum atomic E-state index is 5.98. The summed E-state index contributed by atoms with van der Waals surface area (Å²) in [5.41, 5.74) is 5.37. The molecule has 1 atom stereocenters. The highest BCUT2D eigenvalue weighted by molar-refractivity contribution is 7.10. The molecule has 1 aliphatic heterocycles. The maximum Gasteiger partial charge on any atom is 0.109 e. The zero-order chi connectivity index (χ0) is 14.1. The second kappa shape index (κ2) is 5.58. The first-order chi connectivity index (χ1) is 9.63. The van der Waals surface area contributed by atoms with Gasteiger partial charge in [-0.05, 0) is 60.5 Å². The first kappa shape index (κ1) is 13.7. The van der Waals surface area contributed by atoms with Crippen molar-refractivity contribution in [3.8, 4) is 0 Å². The zero-order valence-corrected chi connectivity index (χ0v) is 13.2. The first-order valence-electron chi connectivity index (χ1n) is 7.11. The quantitative estimate of drug-likeness (QED) is 0.842. The van der Waals surface area contributed by atoms with Gasteiger partial charge in [0.25, 0.3) is 0 Å². The largest absolute Gasteiger partial charge is 0.372 e. The summed E-state index contributed by atoms with van der Waals surface area (Å²) in [5.74, 6) is 0. The Hall–Kier alpha value is -1.32. The van der Waals surface area contributed by atoms with Gasteiger partial charge in [0.05, 0.1) is 6.61 Å². The lowest BCUT2D eigenvalue weighted by molar-refractivity contribution is 0.0508. The Morgan fingerprint density at radius 3 is 2.75 bits per heavy atom. The molecule has 1 aromatic heterocycles. The number of hydrogen-bond donors (Lipinski definition) is 0. The van der Waals surface area contributed by atoms with E-state index >= 15 is 0 Å². The van der Waals surface area contributed by atoms with Crippen molar-refractivity contribution < 1.29 is 4.74 Å². The molecule has 20 heavy (non-hydrogen) atoms. The van der Waals surface area contributed by atoms with Crippen LogP contribution >= 0.6 is 11.3 Å². The summed E-state index contributed by atoms with van der Waals surface area (Å²) in [6, 6.07) is 8.94. The number of benzene rings is 1. The fourth-order valence-corrected chi connectivity index (χ4v) is 3.88. The Morgan fingerprint density at radius 2 is 2.00 bits per heavy atom. The molecule has 2 nitrogen and oxygen atoms in total. The predicted octanol–water partition coefficient (Wildman–Crippen LogP) is 4.12. The van der Waals surface area contributed by atoms with E-state index in [-0.39, 0.29) is 6.10 Å². The highest BCUT2D eigenvalue weighted by Crippen LogP contribution is 2.33. The molecule has 2 heterocycles. The summed E-state index contributed by atoms with van der Waals surface area (Å²) in [6.07, 6.45) is 1.27. The summed E-state index contributed by atoms with van der Waals surface area (Å²) >= 11 is 1.83. The van der Waals surface area contributed by atoms with Crippen molar-refractivity contribution in [2.75, 3.05) is 25.1 Å². The van der Waals surface area contributed by atoms with Crippen LogP contribution in [0.5, 0.6) is 0 Å². The molecule has 0 radical (unpaired) electrons. The molecule has 0 N–H and O–H groups in total. The van der Waals surface area contributed by atoms with Gasteiger partial charge in [-0.3, -0.25) is 0 Å². The number of rotatable bonds is 3. The number of likely N-dealkylation sites (N-methyl/N-ethyl adjacent to an activating group) is 1. The van der Waals surface area contributed by atoms with Crippen molar-refractivity contribution in [3.05, 3.63) is 51.2 Å². The van der Waals surface area contributed by atoms with E-state index < -0.39 is 0 Å². The second-order valence-electron chi connectivity index (χ2n) is 5.65. The van der Waals surface area contributed by atoms with Crippen LogP contribution in [-0.2, 0) is 11.2 Å². The lowest BCUT2D eigenvalue weighted by Gasteiger charge is -2.29. The minimum atomic E-state index is 0.213. The van der Waals surface area contributed by atoms with Crippen LogP contribution in [-0.4, -0.2) is 20.2 Å². The topological polar surface area (TPSA) is 12.5 Å². The molecule has 0 saturated heterocycles. The summed E-state index contributed by atoms with van der Waals surface area (Å²) in [5, 5.41) is 2.18. The van der Waals surface area contributed by atoms with Gasteiger partial charge in [0, 0.05) is 24.2 Å². The van der Waals surface area contributed by atoms with Crippen LogP contribution in [0.4, 0.5) is 5.69 Å². The Labute approximate surface area is 125 Å². The van der Waals surface area contributed by atoms with Crippen LogP contribution < -0.4 is 4.90 Å². The van der Waals surface area contributed by atoms with Crippen LogP contribution in [0.25, 0.3) is 0 Å². The molecule has 0 amide bonds. The zero-order valence-electron chi connectivity index (χ0n) is 12.3. The van der Waals surface area contributed by atoms with Gasteiger partial charge in [-0.1, -0.05) is 6.07 Å². The third kappa shape index (κ3) is 2.74. The number of aryl methyl sites for hydroxylation is 2. The average molecular weight is 287 g/mol. The van der Waals surface area contributed by atoms with Crippen LogP contribution in [0.1, 0.15) is 27.7 Å². The third-order valence-corrected chi connectivity index (χ3v) is 4.90. The van der Waals surface area contributed by atoms with E-state index in [0.29, 0.717) is 0 Å². The average Bonchev–Trinajstić information content (AvgIpc) is 2.87. The molecule has 0 spiro atoms. The van der Waals surface area contributed by atoms with Crippen molar-refractivity contribution >= 4 is 17.0 Å². The normalized spacial score (nSPS) is 17.9. The lowest BCUT2D eigenvalue weighted by Crippen LogP contribution is -2.28. The molecule has 3 rings (SSSR count). The number of thiophene rings is 1. The van der Waals surface area contributed by atoms with Gasteiger partial charge in [-0.25, -0.2) is 0 Å². The molecular weight excluding hydrogens is 266 g/mol. The van der Waals surface area contributed by atoms with Crippen LogP contribution in [0.3, 0.4) is 0 Å². The molecule has 0 saturated carbocycles. The minimum Gasteiger partial charge on any atom is -0.372 e. The van der Waals surface area contributed by atoms with Gasteiger partial charge in [-0.2, -0.15) is 0 Å². The molecule has 0 bridgehead atoms. The van der Waals surface area contributed by atoms with Crippen LogP contribution in [0, 0.1) is 13.8 Å². The maximum absolute atomic E-state index is 5.98. The highest BCUT2D eigenvalue weighted by Gasteiger charge is 2.23. The van der Waals surface area contributed by atoms with Gasteiger partial charge in [0.1, 0.15) is 6.10 Å². The highest BCUT2D eigenvalue weighted by atomic mass is 32.1. The number of anilines is 1. The number of fused-ring (bicyclic) bond motifs is 1. The SMILES string of the molecule is Cc1cc(C)cc(N(C)CC2OCCc3ccsc32)c1. The van der Waals surface area contributed by atoms with Crippen molar-refractivity contribution in [2.45, 2.75) is 26.4 Å². The fraction of sp³-hybridized carbons (Fsp3) is 0.412. The first-order valence-corrected chi connectivity index (χ1v) is 7.99. The van der Waals surface area contributed by atoms with Gasteiger partial charge in [0.15, 0.2) is 0 Å². The molecule has 3 heteroatoms. The van der Waals surface area contributed by atoms with Crippen molar-refractivity contribution in [1.29, 1.82) is 0 Å². The van der Waals surface area contributed by atoms with Gasteiger partial charge >= 0.3 is 0 Å². The van der Waals surface area contributed by atoms with E-state index in [1.807, 2.05) is 11.3 Å².